The van der Waals surface area contributed by atoms with E-state index in [-0.39, 0.29) is 24.1 Å². The van der Waals surface area contributed by atoms with Crippen LogP contribution < -0.4 is 11.1 Å². The molecule has 1 aliphatic heterocycles. The minimum atomic E-state index is -0.228. The standard InChI is InChI=1S/C24H21N5O3S/c25-22-21(23-27-18(14-33-23)15-5-2-1-3-6-15)19(30)12-29(22)17-8-4-7-16(11-17)24(32)28-10-9-26-20(31)13-28/h1-8,11-12,14,30H,9-10,13,25H2,(H,26,31). The molecule has 0 bridgehead atoms. The molecule has 0 spiro atoms. The van der Waals surface area contributed by atoms with Crippen LogP contribution in [0.3, 0.4) is 0 Å². The van der Waals surface area contributed by atoms with Crippen LogP contribution in [0.1, 0.15) is 10.4 Å². The highest BCUT2D eigenvalue weighted by Crippen LogP contribution is 2.40. The van der Waals surface area contributed by atoms with Gasteiger partial charge in [0.2, 0.25) is 5.91 Å². The summed E-state index contributed by atoms with van der Waals surface area (Å²) in [6.07, 6.45) is 1.52. The Morgan fingerprint density at radius 3 is 2.76 bits per heavy atom. The van der Waals surface area contributed by atoms with Crippen molar-refractivity contribution >= 4 is 29.0 Å². The third kappa shape index (κ3) is 3.94. The minimum Gasteiger partial charge on any atom is -0.506 e. The Kier molecular flexibility index (Phi) is 5.31. The Hall–Kier alpha value is -4.11. The summed E-state index contributed by atoms with van der Waals surface area (Å²) in [6, 6.07) is 16.7. The Morgan fingerprint density at radius 1 is 1.15 bits per heavy atom. The van der Waals surface area contributed by atoms with E-state index in [1.54, 1.807) is 28.8 Å². The maximum absolute atomic E-state index is 12.9. The quantitative estimate of drug-likeness (QED) is 0.434. The maximum Gasteiger partial charge on any atom is 0.254 e. The SMILES string of the molecule is Nc1c(-c2nc(-c3ccccc3)cs2)c(O)cn1-c1cccc(C(=O)N2CCNC(=O)C2)c1. The summed E-state index contributed by atoms with van der Waals surface area (Å²) >= 11 is 1.40. The molecular formula is C24H21N5O3S. The number of aromatic nitrogens is 2. The van der Waals surface area contributed by atoms with Gasteiger partial charge in [-0.25, -0.2) is 4.98 Å². The van der Waals surface area contributed by atoms with Gasteiger partial charge in [0.15, 0.2) is 0 Å². The van der Waals surface area contributed by atoms with Gasteiger partial charge >= 0.3 is 0 Å². The number of nitrogens with zero attached hydrogens (tertiary/aromatic N) is 3. The Labute approximate surface area is 193 Å². The van der Waals surface area contributed by atoms with Crippen LogP contribution in [0, 0.1) is 0 Å². The number of hydrogen-bond acceptors (Lipinski definition) is 6. The fraction of sp³-hybridized carbons (Fsp3) is 0.125. The molecule has 0 aliphatic carbocycles. The normalized spacial score (nSPS) is 13.7. The minimum absolute atomic E-state index is 0.00546. The lowest BCUT2D eigenvalue weighted by Gasteiger charge is -2.26. The number of carbonyl (C=O) groups excluding carboxylic acids is 2. The van der Waals surface area contributed by atoms with Crippen LogP contribution in [0.2, 0.25) is 0 Å². The number of nitrogen functional groups attached to an aromatic ring is 1. The number of hydrogen-bond donors (Lipinski definition) is 3. The van der Waals surface area contributed by atoms with Gasteiger partial charge in [-0.1, -0.05) is 36.4 Å². The fourth-order valence-electron chi connectivity index (χ4n) is 3.85. The molecule has 0 unspecified atom stereocenters. The zero-order valence-corrected chi connectivity index (χ0v) is 18.4. The maximum atomic E-state index is 12.9. The number of carbonyl (C=O) groups is 2. The van der Waals surface area contributed by atoms with Crippen molar-refractivity contribution in [1.82, 2.24) is 19.8 Å². The summed E-state index contributed by atoms with van der Waals surface area (Å²) < 4.78 is 1.63. The summed E-state index contributed by atoms with van der Waals surface area (Å²) in [4.78, 5) is 30.7. The van der Waals surface area contributed by atoms with E-state index in [0.29, 0.717) is 40.7 Å². The van der Waals surface area contributed by atoms with E-state index >= 15 is 0 Å². The molecule has 4 aromatic rings. The van der Waals surface area contributed by atoms with Gasteiger partial charge < -0.3 is 21.1 Å². The molecule has 1 aliphatic rings. The molecule has 1 saturated heterocycles. The first-order valence-electron chi connectivity index (χ1n) is 10.4. The number of benzene rings is 2. The summed E-state index contributed by atoms with van der Waals surface area (Å²) in [5, 5.41) is 15.9. The summed E-state index contributed by atoms with van der Waals surface area (Å²) in [6.45, 7) is 0.928. The molecule has 33 heavy (non-hydrogen) atoms. The second-order valence-corrected chi connectivity index (χ2v) is 8.53. The van der Waals surface area contributed by atoms with Crippen LogP contribution >= 0.6 is 11.3 Å². The van der Waals surface area contributed by atoms with E-state index in [2.05, 4.69) is 10.3 Å². The van der Waals surface area contributed by atoms with Crippen molar-refractivity contribution in [2.75, 3.05) is 25.4 Å². The lowest BCUT2D eigenvalue weighted by molar-refractivity contribution is -0.123. The highest BCUT2D eigenvalue weighted by molar-refractivity contribution is 7.13. The van der Waals surface area contributed by atoms with Crippen LogP contribution in [-0.4, -0.2) is 51.0 Å². The van der Waals surface area contributed by atoms with Gasteiger partial charge in [-0.15, -0.1) is 11.3 Å². The number of piperazine rings is 1. The van der Waals surface area contributed by atoms with Gasteiger partial charge in [-0.2, -0.15) is 0 Å². The first-order chi connectivity index (χ1) is 16.0. The van der Waals surface area contributed by atoms with Gasteiger partial charge in [0.25, 0.3) is 5.91 Å². The van der Waals surface area contributed by atoms with E-state index in [0.717, 1.165) is 11.3 Å². The van der Waals surface area contributed by atoms with Crippen molar-refractivity contribution in [3.8, 4) is 33.3 Å². The van der Waals surface area contributed by atoms with Gasteiger partial charge in [0.05, 0.1) is 24.0 Å². The molecule has 0 radical (unpaired) electrons. The predicted molar refractivity (Wildman–Crippen MR) is 127 cm³/mol. The van der Waals surface area contributed by atoms with Crippen molar-refractivity contribution < 1.29 is 14.7 Å². The molecule has 0 atom stereocenters. The average Bonchev–Trinajstić information content (AvgIpc) is 3.43. The number of thiazole rings is 1. The molecule has 8 nitrogen and oxygen atoms in total. The second-order valence-electron chi connectivity index (χ2n) is 7.68. The average molecular weight is 460 g/mol. The number of aromatic hydroxyl groups is 1. The highest BCUT2D eigenvalue weighted by atomic mass is 32.1. The van der Waals surface area contributed by atoms with Crippen LogP contribution in [0.25, 0.3) is 27.5 Å². The highest BCUT2D eigenvalue weighted by Gasteiger charge is 2.23. The van der Waals surface area contributed by atoms with E-state index in [9.17, 15) is 14.7 Å². The zero-order chi connectivity index (χ0) is 22.9. The monoisotopic (exact) mass is 459 g/mol. The Balaban J connectivity index is 1.47. The number of nitrogens with two attached hydrogens (primary N) is 1. The topological polar surface area (TPSA) is 113 Å². The third-order valence-corrected chi connectivity index (χ3v) is 6.37. The summed E-state index contributed by atoms with van der Waals surface area (Å²) in [7, 11) is 0. The molecule has 5 rings (SSSR count). The number of nitrogens with one attached hydrogen (secondary N) is 1. The first kappa shape index (κ1) is 20.8. The second kappa shape index (κ2) is 8.44. The van der Waals surface area contributed by atoms with Crippen LogP contribution in [-0.2, 0) is 4.79 Å². The van der Waals surface area contributed by atoms with Crippen LogP contribution in [0.4, 0.5) is 5.82 Å². The predicted octanol–water partition coefficient (Wildman–Crippen LogP) is 3.13. The fourth-order valence-corrected chi connectivity index (χ4v) is 4.74. The summed E-state index contributed by atoms with van der Waals surface area (Å²) in [5.74, 6) is -0.0723. The molecule has 1 fully saturated rings. The Morgan fingerprint density at radius 2 is 1.97 bits per heavy atom. The Bertz CT molecular complexity index is 1350. The van der Waals surface area contributed by atoms with E-state index in [1.165, 1.54) is 22.4 Å². The van der Waals surface area contributed by atoms with Gasteiger partial charge in [-0.3, -0.25) is 14.2 Å². The molecule has 3 heterocycles. The van der Waals surface area contributed by atoms with E-state index in [4.69, 9.17) is 5.73 Å². The van der Waals surface area contributed by atoms with Crippen LogP contribution in [0.5, 0.6) is 5.75 Å². The van der Waals surface area contributed by atoms with E-state index < -0.39 is 0 Å². The van der Waals surface area contributed by atoms with Crippen molar-refractivity contribution in [2.45, 2.75) is 0 Å². The number of anilines is 1. The molecule has 2 aromatic carbocycles. The molecule has 9 heteroatoms. The van der Waals surface area contributed by atoms with Crippen molar-refractivity contribution in [1.29, 1.82) is 0 Å². The van der Waals surface area contributed by atoms with Crippen LogP contribution in [0.15, 0.2) is 66.2 Å². The molecule has 166 valence electrons. The van der Waals surface area contributed by atoms with Crippen molar-refractivity contribution in [3.05, 3.63) is 71.7 Å². The molecule has 0 saturated carbocycles. The van der Waals surface area contributed by atoms with Gasteiger partial charge in [0.1, 0.15) is 16.6 Å². The van der Waals surface area contributed by atoms with Crippen molar-refractivity contribution in [2.24, 2.45) is 0 Å². The molecule has 2 aromatic heterocycles. The molecular weight excluding hydrogens is 438 g/mol. The van der Waals surface area contributed by atoms with Crippen molar-refractivity contribution in [3.63, 3.8) is 0 Å². The first-order valence-corrected chi connectivity index (χ1v) is 11.3. The van der Waals surface area contributed by atoms with E-state index in [1.807, 2.05) is 35.7 Å². The van der Waals surface area contributed by atoms with Gasteiger partial charge in [-0.05, 0) is 18.2 Å². The third-order valence-electron chi connectivity index (χ3n) is 5.51. The lowest BCUT2D eigenvalue weighted by atomic mass is 10.1. The number of rotatable bonds is 4. The largest absolute Gasteiger partial charge is 0.506 e. The number of amides is 2. The smallest absolute Gasteiger partial charge is 0.254 e. The van der Waals surface area contributed by atoms with Gasteiger partial charge in [0, 0.05) is 35.3 Å². The lowest BCUT2D eigenvalue weighted by Crippen LogP contribution is -2.49. The summed E-state index contributed by atoms with van der Waals surface area (Å²) in [5.41, 5.74) is 9.73. The molecule has 4 N–H and O–H groups in total. The zero-order valence-electron chi connectivity index (χ0n) is 17.6. The molecule has 2 amide bonds.